The van der Waals surface area contributed by atoms with Gasteiger partial charge in [0.05, 0.1) is 24.2 Å². The molecule has 1 N–H and O–H groups in total. The van der Waals surface area contributed by atoms with Gasteiger partial charge in [0.15, 0.2) is 0 Å². The number of fused-ring (bicyclic) bond motifs is 1. The van der Waals surface area contributed by atoms with E-state index in [1.807, 2.05) is 28.8 Å². The minimum atomic E-state index is -0.00141. The van der Waals surface area contributed by atoms with Crippen molar-refractivity contribution < 1.29 is 5.11 Å². The molecule has 1 aromatic heterocycles. The molecule has 1 saturated carbocycles. The summed E-state index contributed by atoms with van der Waals surface area (Å²) in [5.41, 5.74) is 1.93. The predicted octanol–water partition coefficient (Wildman–Crippen LogP) is 1.13. The molecule has 0 radical (unpaired) electrons. The van der Waals surface area contributed by atoms with Crippen molar-refractivity contribution in [2.45, 2.75) is 25.4 Å². The molecule has 1 aliphatic rings. The third kappa shape index (κ3) is 1.30. The number of para-hydroxylation sites is 2. The fourth-order valence-corrected chi connectivity index (χ4v) is 2.23. The van der Waals surface area contributed by atoms with Crippen LogP contribution in [0.3, 0.4) is 0 Å². The molecule has 1 aliphatic carbocycles. The van der Waals surface area contributed by atoms with Crippen LogP contribution < -0.4 is 5.69 Å². The summed E-state index contributed by atoms with van der Waals surface area (Å²) in [5.74, 6) is 0. The molecule has 0 amide bonds. The monoisotopic (exact) mass is 218 g/mol. The van der Waals surface area contributed by atoms with Crippen LogP contribution >= 0.6 is 0 Å². The van der Waals surface area contributed by atoms with E-state index in [9.17, 15) is 4.79 Å². The Bertz CT molecular complexity index is 578. The van der Waals surface area contributed by atoms with Crippen LogP contribution in [0.1, 0.15) is 18.9 Å². The van der Waals surface area contributed by atoms with Crippen LogP contribution in [0.2, 0.25) is 0 Å². The highest BCUT2D eigenvalue weighted by Crippen LogP contribution is 2.35. The van der Waals surface area contributed by atoms with E-state index in [2.05, 4.69) is 0 Å². The fourth-order valence-electron chi connectivity index (χ4n) is 2.23. The van der Waals surface area contributed by atoms with E-state index in [1.54, 1.807) is 4.57 Å². The minimum Gasteiger partial charge on any atom is -0.395 e. The number of aliphatic hydroxyl groups is 1. The molecule has 0 bridgehead atoms. The quantitative estimate of drug-likeness (QED) is 0.839. The number of hydrogen-bond acceptors (Lipinski definition) is 2. The van der Waals surface area contributed by atoms with Crippen molar-refractivity contribution in [3.8, 4) is 0 Å². The summed E-state index contributed by atoms with van der Waals surface area (Å²) in [6.45, 7) is 0.373. The van der Waals surface area contributed by atoms with Gasteiger partial charge in [0, 0.05) is 6.04 Å². The number of rotatable bonds is 3. The van der Waals surface area contributed by atoms with Gasteiger partial charge < -0.3 is 5.11 Å². The molecule has 0 unspecified atom stereocenters. The van der Waals surface area contributed by atoms with Gasteiger partial charge in [0.1, 0.15) is 0 Å². The fraction of sp³-hybridized carbons (Fsp3) is 0.417. The topological polar surface area (TPSA) is 47.2 Å². The maximum absolute atomic E-state index is 12.2. The molecule has 4 heteroatoms. The second-order valence-electron chi connectivity index (χ2n) is 4.25. The molecule has 0 atom stereocenters. The molecule has 0 aliphatic heterocycles. The molecule has 4 nitrogen and oxygen atoms in total. The first-order chi connectivity index (χ1) is 7.83. The standard InChI is InChI=1S/C12H14N2O2/c15-8-7-13-10-3-1-2-4-11(10)14(12(13)16)9-5-6-9/h1-4,9,15H,5-8H2. The molecule has 84 valence electrons. The van der Waals surface area contributed by atoms with Crippen LogP contribution in [-0.4, -0.2) is 20.8 Å². The molecule has 16 heavy (non-hydrogen) atoms. The lowest BCUT2D eigenvalue weighted by Crippen LogP contribution is -2.24. The van der Waals surface area contributed by atoms with Gasteiger partial charge in [0.2, 0.25) is 0 Å². The first-order valence-corrected chi connectivity index (χ1v) is 5.63. The average Bonchev–Trinajstić information content (AvgIpc) is 3.08. The molecular formula is C12H14N2O2. The summed E-state index contributed by atoms with van der Waals surface area (Å²) in [6, 6.07) is 8.16. The van der Waals surface area contributed by atoms with Gasteiger partial charge in [-0.1, -0.05) is 12.1 Å². The normalized spacial score (nSPS) is 15.8. The minimum absolute atomic E-state index is 0.00141. The maximum Gasteiger partial charge on any atom is 0.329 e. The van der Waals surface area contributed by atoms with Gasteiger partial charge in [-0.3, -0.25) is 9.13 Å². The van der Waals surface area contributed by atoms with E-state index >= 15 is 0 Å². The van der Waals surface area contributed by atoms with Crippen LogP contribution in [-0.2, 0) is 6.54 Å². The van der Waals surface area contributed by atoms with Gasteiger partial charge in [-0.15, -0.1) is 0 Å². The molecule has 0 saturated heterocycles. The van der Waals surface area contributed by atoms with Crippen LogP contribution in [0.25, 0.3) is 11.0 Å². The van der Waals surface area contributed by atoms with Crippen molar-refractivity contribution in [3.63, 3.8) is 0 Å². The summed E-state index contributed by atoms with van der Waals surface area (Å²) in [5, 5.41) is 9.00. The largest absolute Gasteiger partial charge is 0.395 e. The number of imidazole rings is 1. The van der Waals surface area contributed by atoms with E-state index in [1.165, 1.54) is 0 Å². The zero-order valence-corrected chi connectivity index (χ0v) is 8.97. The van der Waals surface area contributed by atoms with Crippen LogP contribution in [0.5, 0.6) is 0 Å². The SMILES string of the molecule is O=c1n(CCO)c2ccccc2n1C1CC1. The number of benzene rings is 1. The highest BCUT2D eigenvalue weighted by Gasteiger charge is 2.28. The highest BCUT2D eigenvalue weighted by molar-refractivity contribution is 5.76. The van der Waals surface area contributed by atoms with E-state index in [-0.39, 0.29) is 12.3 Å². The third-order valence-electron chi connectivity index (χ3n) is 3.10. The Labute approximate surface area is 92.7 Å². The van der Waals surface area contributed by atoms with Gasteiger partial charge in [-0.2, -0.15) is 0 Å². The summed E-state index contributed by atoms with van der Waals surface area (Å²) < 4.78 is 3.53. The average molecular weight is 218 g/mol. The molecule has 2 aromatic rings. The first kappa shape index (κ1) is 9.66. The van der Waals surface area contributed by atoms with Crippen molar-refractivity contribution in [2.75, 3.05) is 6.61 Å². The van der Waals surface area contributed by atoms with Crippen LogP contribution in [0.4, 0.5) is 0 Å². The van der Waals surface area contributed by atoms with Crippen LogP contribution in [0.15, 0.2) is 29.1 Å². The first-order valence-electron chi connectivity index (χ1n) is 5.63. The molecular weight excluding hydrogens is 204 g/mol. The molecule has 1 fully saturated rings. The van der Waals surface area contributed by atoms with Gasteiger partial charge >= 0.3 is 5.69 Å². The lowest BCUT2D eigenvalue weighted by atomic mass is 10.3. The molecule has 1 aromatic carbocycles. The number of nitrogens with zero attached hydrogens (tertiary/aromatic N) is 2. The Morgan fingerprint density at radius 1 is 1.25 bits per heavy atom. The van der Waals surface area contributed by atoms with Gasteiger partial charge in [-0.05, 0) is 25.0 Å². The van der Waals surface area contributed by atoms with Crippen molar-refractivity contribution in [2.24, 2.45) is 0 Å². The highest BCUT2D eigenvalue weighted by atomic mass is 16.3. The van der Waals surface area contributed by atoms with E-state index in [0.717, 1.165) is 23.9 Å². The third-order valence-corrected chi connectivity index (χ3v) is 3.10. The lowest BCUT2D eigenvalue weighted by molar-refractivity contribution is 0.275. The molecule has 0 spiro atoms. The van der Waals surface area contributed by atoms with Crippen LogP contribution in [0, 0.1) is 0 Å². The Morgan fingerprint density at radius 3 is 2.56 bits per heavy atom. The number of hydrogen-bond donors (Lipinski definition) is 1. The smallest absolute Gasteiger partial charge is 0.329 e. The maximum atomic E-state index is 12.2. The van der Waals surface area contributed by atoms with Gasteiger partial charge in [-0.25, -0.2) is 4.79 Å². The van der Waals surface area contributed by atoms with E-state index < -0.39 is 0 Å². The van der Waals surface area contributed by atoms with Crippen molar-refractivity contribution in [1.29, 1.82) is 0 Å². The summed E-state index contributed by atoms with van der Waals surface area (Å²) in [4.78, 5) is 12.2. The Morgan fingerprint density at radius 2 is 1.94 bits per heavy atom. The number of aromatic nitrogens is 2. The summed E-state index contributed by atoms with van der Waals surface area (Å²) in [6.07, 6.45) is 2.18. The van der Waals surface area contributed by atoms with Crippen molar-refractivity contribution in [3.05, 3.63) is 34.7 Å². The zero-order chi connectivity index (χ0) is 11.1. The van der Waals surface area contributed by atoms with E-state index in [0.29, 0.717) is 12.6 Å². The zero-order valence-electron chi connectivity index (χ0n) is 8.97. The second-order valence-corrected chi connectivity index (χ2v) is 4.25. The Kier molecular flexibility index (Phi) is 2.11. The summed E-state index contributed by atoms with van der Waals surface area (Å²) >= 11 is 0. The summed E-state index contributed by atoms with van der Waals surface area (Å²) in [7, 11) is 0. The van der Waals surface area contributed by atoms with E-state index in [4.69, 9.17) is 5.11 Å². The van der Waals surface area contributed by atoms with Crippen molar-refractivity contribution >= 4 is 11.0 Å². The number of aliphatic hydroxyl groups excluding tert-OH is 1. The lowest BCUT2D eigenvalue weighted by Gasteiger charge is -1.98. The predicted molar refractivity (Wildman–Crippen MR) is 61.6 cm³/mol. The van der Waals surface area contributed by atoms with Gasteiger partial charge in [0.25, 0.3) is 0 Å². The Balaban J connectivity index is 2.32. The second kappa shape index (κ2) is 3.49. The van der Waals surface area contributed by atoms with Crippen molar-refractivity contribution in [1.82, 2.24) is 9.13 Å². The Hall–Kier alpha value is -1.55. The molecule has 1 heterocycles. The molecule has 3 rings (SSSR count).